The molecule has 17 nitrogen and oxygen atoms in total. The smallest absolute Gasteiger partial charge is 0.339 e. The van der Waals surface area contributed by atoms with E-state index in [1.54, 1.807) is 0 Å². The maximum atomic E-state index is 13.7. The Morgan fingerprint density at radius 3 is 1.82 bits per heavy atom. The molecule has 5 aliphatic rings. The van der Waals surface area contributed by atoms with E-state index in [0.29, 0.717) is 25.7 Å². The molecule has 0 radical (unpaired) electrons. The highest BCUT2D eigenvalue weighted by molar-refractivity contribution is 5.77. The van der Waals surface area contributed by atoms with Crippen molar-refractivity contribution in [3.63, 3.8) is 0 Å². The van der Waals surface area contributed by atoms with Crippen molar-refractivity contribution >= 4 is 47.8 Å². The first-order chi connectivity index (χ1) is 28.1. The van der Waals surface area contributed by atoms with Gasteiger partial charge in [0.1, 0.15) is 18.3 Å². The van der Waals surface area contributed by atoms with Gasteiger partial charge in [-0.1, -0.05) is 20.8 Å². The summed E-state index contributed by atoms with van der Waals surface area (Å²) in [5.41, 5.74) is -0.716. The first-order valence-corrected chi connectivity index (χ1v) is 21.1. The van der Waals surface area contributed by atoms with E-state index in [1.165, 1.54) is 20.8 Å². The zero-order chi connectivity index (χ0) is 44.4. The van der Waals surface area contributed by atoms with Crippen LogP contribution < -0.4 is 0 Å². The summed E-state index contributed by atoms with van der Waals surface area (Å²) in [6.45, 7) is 13.9. The Morgan fingerprint density at radius 1 is 0.650 bits per heavy atom. The first-order valence-electron chi connectivity index (χ1n) is 21.1. The molecule has 0 N–H and O–H groups in total. The number of ether oxygens (including phenoxy) is 9. The molecule has 1 heterocycles. The minimum absolute atomic E-state index is 0.00945. The molecule has 1 aliphatic heterocycles. The monoisotopic (exact) mass is 850 g/mol. The van der Waals surface area contributed by atoms with E-state index in [1.807, 2.05) is 6.92 Å². The number of hydrogen-bond donors (Lipinski definition) is 0. The zero-order valence-corrected chi connectivity index (χ0v) is 36.4. The van der Waals surface area contributed by atoms with Gasteiger partial charge < -0.3 is 42.6 Å². The van der Waals surface area contributed by atoms with Crippen molar-refractivity contribution in [2.45, 2.75) is 169 Å². The van der Waals surface area contributed by atoms with Gasteiger partial charge in [-0.2, -0.15) is 0 Å². The van der Waals surface area contributed by atoms with Gasteiger partial charge in [0.25, 0.3) is 0 Å². The Kier molecular flexibility index (Phi) is 14.6. The Balaban J connectivity index is 1.37. The van der Waals surface area contributed by atoms with Crippen LogP contribution in [-0.4, -0.2) is 104 Å². The van der Waals surface area contributed by atoms with Crippen molar-refractivity contribution in [1.82, 2.24) is 0 Å². The summed E-state index contributed by atoms with van der Waals surface area (Å²) in [5.74, 6) is -5.39. The third-order valence-corrected chi connectivity index (χ3v) is 14.3. The van der Waals surface area contributed by atoms with Crippen LogP contribution in [0.5, 0.6) is 0 Å². The standard InChI is InChI=1S/C43H62O17/c1-20(11-14-34(50)59-41-39(58-26(7)49)37(57-25(6)48)36(56-24(5)47)38(60-41)40(51)52-10)29-12-13-30-35-31(19-33(43(29,30)9)55-23(4)46)42(8)16-15-28(53-21(2)44)17-27(42)18-32(35)54-22(3)45/h20,27-33,35-39,41H,11-19H2,1-10H3/t20-,27+,28-,29-,30+,31+,32-,33+,35+,36+,37+,38+,39-,41+,42+,43-/m1/s1. The molecule has 0 amide bonds. The molecule has 0 aromatic heterocycles. The van der Waals surface area contributed by atoms with Crippen LogP contribution in [0.25, 0.3) is 0 Å². The van der Waals surface area contributed by atoms with Gasteiger partial charge in [0.05, 0.1) is 7.11 Å². The summed E-state index contributed by atoms with van der Waals surface area (Å²) in [6, 6.07) is 0. The number of fused-ring (bicyclic) bond motifs is 5. The average molecular weight is 851 g/mol. The van der Waals surface area contributed by atoms with Crippen LogP contribution in [0.15, 0.2) is 0 Å². The van der Waals surface area contributed by atoms with Gasteiger partial charge in [0.15, 0.2) is 18.3 Å². The van der Waals surface area contributed by atoms with Crippen molar-refractivity contribution < 1.29 is 81.0 Å². The van der Waals surface area contributed by atoms with Gasteiger partial charge in [-0.25, -0.2) is 4.79 Å². The molecular formula is C43H62O17. The molecule has 336 valence electrons. The number of carbonyl (C=O) groups excluding carboxylic acids is 8. The number of esters is 8. The van der Waals surface area contributed by atoms with Gasteiger partial charge >= 0.3 is 47.8 Å². The quantitative estimate of drug-likeness (QED) is 0.197. The predicted octanol–water partition coefficient (Wildman–Crippen LogP) is 4.31. The van der Waals surface area contributed by atoms with Crippen molar-refractivity contribution in [2.75, 3.05) is 7.11 Å². The molecule has 60 heavy (non-hydrogen) atoms. The molecule has 1 saturated heterocycles. The Morgan fingerprint density at radius 2 is 1.23 bits per heavy atom. The number of methoxy groups -OCH3 is 1. The number of rotatable bonds is 12. The summed E-state index contributed by atoms with van der Waals surface area (Å²) >= 11 is 0. The van der Waals surface area contributed by atoms with Crippen LogP contribution in [0.4, 0.5) is 0 Å². The fourth-order valence-corrected chi connectivity index (χ4v) is 12.0. The van der Waals surface area contributed by atoms with E-state index in [9.17, 15) is 38.4 Å². The summed E-state index contributed by atoms with van der Waals surface area (Å²) < 4.78 is 50.5. The first kappa shape index (κ1) is 46.8. The molecule has 0 bridgehead atoms. The molecular weight excluding hydrogens is 788 g/mol. The normalized spacial score (nSPS) is 38.5. The fourth-order valence-electron chi connectivity index (χ4n) is 12.0. The summed E-state index contributed by atoms with van der Waals surface area (Å²) in [4.78, 5) is 100. The number of hydrogen-bond acceptors (Lipinski definition) is 17. The Labute approximate surface area is 350 Å². The molecule has 5 rings (SSSR count). The second-order valence-corrected chi connectivity index (χ2v) is 17.9. The second kappa shape index (κ2) is 18.8. The van der Waals surface area contributed by atoms with Crippen molar-refractivity contribution in [3.8, 4) is 0 Å². The highest BCUT2D eigenvalue weighted by atomic mass is 16.7. The number of carbonyl (C=O) groups is 8. The largest absolute Gasteiger partial charge is 0.467 e. The van der Waals surface area contributed by atoms with Gasteiger partial charge in [-0.05, 0) is 86.4 Å². The van der Waals surface area contributed by atoms with Crippen LogP contribution >= 0.6 is 0 Å². The van der Waals surface area contributed by atoms with Gasteiger partial charge in [0, 0.05) is 59.3 Å². The van der Waals surface area contributed by atoms with Crippen LogP contribution in [0.1, 0.15) is 120 Å². The van der Waals surface area contributed by atoms with Crippen LogP contribution in [0.3, 0.4) is 0 Å². The SMILES string of the molecule is COC(=O)[C@H]1O[C@H](OC(=O)CC[C@@H](C)[C@H]2CC[C@H]3[C@@H]4[C@H](OC(C)=O)C[C@@H]5C[C@H](OC(C)=O)CC[C@]5(C)[C@H]4C[C@H](OC(C)=O)[C@]23C)[C@H](OC(C)=O)[C@@H](OC(C)=O)[C@@H]1OC(C)=O. The van der Waals surface area contributed by atoms with E-state index in [4.69, 9.17) is 42.6 Å². The maximum absolute atomic E-state index is 13.7. The van der Waals surface area contributed by atoms with Crippen LogP contribution in [0, 0.1) is 46.3 Å². The average Bonchev–Trinajstić information content (AvgIpc) is 3.50. The lowest BCUT2D eigenvalue weighted by atomic mass is 9.43. The van der Waals surface area contributed by atoms with E-state index in [2.05, 4.69) is 13.8 Å². The highest BCUT2D eigenvalue weighted by Crippen LogP contribution is 2.69. The molecule has 0 spiro atoms. The molecule has 16 atom stereocenters. The Hall–Kier alpha value is -4.28. The molecule has 5 fully saturated rings. The lowest BCUT2D eigenvalue weighted by molar-refractivity contribution is -0.294. The van der Waals surface area contributed by atoms with Gasteiger partial charge in [-0.15, -0.1) is 0 Å². The minimum Gasteiger partial charge on any atom is -0.467 e. The van der Waals surface area contributed by atoms with E-state index in [-0.39, 0.29) is 71.5 Å². The molecule has 17 heteroatoms. The van der Waals surface area contributed by atoms with Gasteiger partial charge in [0.2, 0.25) is 12.4 Å². The second-order valence-electron chi connectivity index (χ2n) is 17.9. The lowest BCUT2D eigenvalue weighted by Gasteiger charge is -2.64. The van der Waals surface area contributed by atoms with Crippen LogP contribution in [-0.2, 0) is 81.0 Å². The van der Waals surface area contributed by atoms with Crippen LogP contribution in [0.2, 0.25) is 0 Å². The van der Waals surface area contributed by atoms with Crippen molar-refractivity contribution in [3.05, 3.63) is 0 Å². The van der Waals surface area contributed by atoms with E-state index >= 15 is 0 Å². The maximum Gasteiger partial charge on any atom is 0.339 e. The topological polar surface area (TPSA) is 220 Å². The minimum atomic E-state index is -1.76. The summed E-state index contributed by atoms with van der Waals surface area (Å²) in [5, 5.41) is 0. The van der Waals surface area contributed by atoms with Crippen molar-refractivity contribution in [1.29, 1.82) is 0 Å². The van der Waals surface area contributed by atoms with Crippen molar-refractivity contribution in [2.24, 2.45) is 46.3 Å². The predicted molar refractivity (Wildman–Crippen MR) is 204 cm³/mol. The molecule has 0 unspecified atom stereocenters. The summed E-state index contributed by atoms with van der Waals surface area (Å²) in [6.07, 6.45) is -4.19. The van der Waals surface area contributed by atoms with E-state index in [0.717, 1.165) is 53.6 Å². The lowest BCUT2D eigenvalue weighted by Crippen LogP contribution is -2.64. The van der Waals surface area contributed by atoms with E-state index < -0.39 is 78.0 Å². The Bertz CT molecular complexity index is 1680. The molecule has 4 saturated carbocycles. The molecule has 0 aromatic rings. The summed E-state index contributed by atoms with van der Waals surface area (Å²) in [7, 11) is 1.06. The molecule has 0 aromatic carbocycles. The fraction of sp³-hybridized carbons (Fsp3) is 0.814. The highest BCUT2D eigenvalue weighted by Gasteiger charge is 2.68. The van der Waals surface area contributed by atoms with Gasteiger partial charge in [-0.3, -0.25) is 33.6 Å². The third kappa shape index (κ3) is 9.75. The molecule has 4 aliphatic carbocycles. The third-order valence-electron chi connectivity index (χ3n) is 14.3. The zero-order valence-electron chi connectivity index (χ0n) is 36.4.